The number of ether oxygens (including phenoxy) is 2. The summed E-state index contributed by atoms with van der Waals surface area (Å²) in [5.74, 6) is 0.225. The third-order valence-electron chi connectivity index (χ3n) is 5.37. The summed E-state index contributed by atoms with van der Waals surface area (Å²) in [6.45, 7) is 9.59. The summed E-state index contributed by atoms with van der Waals surface area (Å²) in [6.07, 6.45) is 1.18. The molecule has 0 radical (unpaired) electrons. The second-order valence-corrected chi connectivity index (χ2v) is 11.3. The van der Waals surface area contributed by atoms with E-state index >= 15 is 0 Å². The number of hydrogen-bond acceptors (Lipinski definition) is 7. The first-order valence-electron chi connectivity index (χ1n) is 11.5. The van der Waals surface area contributed by atoms with Gasteiger partial charge in [-0.2, -0.15) is 13.5 Å². The van der Waals surface area contributed by atoms with Gasteiger partial charge in [-0.05, 0) is 57.9 Å². The second-order valence-electron chi connectivity index (χ2n) is 9.34. The first kappa shape index (κ1) is 27.9. The number of halogens is 1. The molecule has 0 bridgehead atoms. The lowest BCUT2D eigenvalue weighted by Gasteiger charge is -2.21. The Morgan fingerprint density at radius 3 is 2.28 bits per heavy atom. The van der Waals surface area contributed by atoms with Crippen molar-refractivity contribution in [3.05, 3.63) is 86.8 Å². The van der Waals surface area contributed by atoms with E-state index in [1.807, 2.05) is 58.9 Å². The Kier molecular flexibility index (Phi) is 8.94. The Morgan fingerprint density at radius 2 is 1.67 bits per heavy atom. The van der Waals surface area contributed by atoms with E-state index in [0.717, 1.165) is 16.7 Å². The average Bonchev–Trinajstić information content (AvgIpc) is 2.82. The summed E-state index contributed by atoms with van der Waals surface area (Å²) in [7, 11) is -3.82. The van der Waals surface area contributed by atoms with E-state index in [9.17, 15) is 13.2 Å². The summed E-state index contributed by atoms with van der Waals surface area (Å²) >= 11 is 6.20. The topological polar surface area (TPSA) is 96.7 Å². The molecule has 0 aliphatic heterocycles. The first-order valence-corrected chi connectivity index (χ1v) is 13.2. The molecule has 1 heterocycles. The van der Waals surface area contributed by atoms with E-state index in [1.165, 1.54) is 23.0 Å². The van der Waals surface area contributed by atoms with Crippen LogP contribution in [-0.2, 0) is 31.2 Å². The molecule has 0 spiro atoms. The Labute approximate surface area is 216 Å². The van der Waals surface area contributed by atoms with Crippen LogP contribution in [0.25, 0.3) is 0 Å². The fourth-order valence-electron chi connectivity index (χ4n) is 3.28. The highest BCUT2D eigenvalue weighted by Gasteiger charge is 2.20. The molecule has 36 heavy (non-hydrogen) atoms. The quantitative estimate of drug-likeness (QED) is 0.266. The van der Waals surface area contributed by atoms with Crippen LogP contribution in [0.2, 0.25) is 5.02 Å². The monoisotopic (exact) mass is 534 g/mol. The van der Waals surface area contributed by atoms with Gasteiger partial charge in [0.25, 0.3) is 15.7 Å². The number of nitrogens with zero attached hydrogens (tertiary/aromatic N) is 2. The summed E-state index contributed by atoms with van der Waals surface area (Å²) in [4.78, 5) is 12.6. The highest BCUT2D eigenvalue weighted by Crippen LogP contribution is 2.23. The number of hydrogen-bond donors (Lipinski definition) is 0. The SMILES string of the molecule is Cc1ccc(S(=O)(=O)OCCOC(C)c2ccc(COc3cnn(C(C)(C)C)c(=O)c3Cl)cc2)cc1. The van der Waals surface area contributed by atoms with Gasteiger partial charge >= 0.3 is 0 Å². The minimum atomic E-state index is -3.82. The van der Waals surface area contributed by atoms with Crippen molar-refractivity contribution in [2.75, 3.05) is 13.2 Å². The van der Waals surface area contributed by atoms with Crippen molar-refractivity contribution in [2.24, 2.45) is 0 Å². The zero-order chi connectivity index (χ0) is 26.5. The molecule has 1 aromatic heterocycles. The molecule has 0 N–H and O–H groups in total. The van der Waals surface area contributed by atoms with E-state index < -0.39 is 21.2 Å². The summed E-state index contributed by atoms with van der Waals surface area (Å²) in [6, 6.07) is 14.0. The molecule has 10 heteroatoms. The lowest BCUT2D eigenvalue weighted by atomic mass is 10.1. The predicted octanol–water partition coefficient (Wildman–Crippen LogP) is 5.02. The highest BCUT2D eigenvalue weighted by atomic mass is 35.5. The molecular formula is C26H31ClN2O6S. The molecule has 2 aromatic carbocycles. The predicted molar refractivity (Wildman–Crippen MR) is 138 cm³/mol. The number of benzene rings is 2. The van der Waals surface area contributed by atoms with Crippen LogP contribution in [0.5, 0.6) is 5.75 Å². The van der Waals surface area contributed by atoms with Crippen molar-refractivity contribution in [1.29, 1.82) is 0 Å². The number of aryl methyl sites for hydroxylation is 1. The second kappa shape index (κ2) is 11.6. The van der Waals surface area contributed by atoms with Crippen LogP contribution in [0.3, 0.4) is 0 Å². The molecule has 0 saturated carbocycles. The molecule has 0 amide bonds. The van der Waals surface area contributed by atoms with Gasteiger partial charge in [0.05, 0.1) is 35.9 Å². The maximum atomic E-state index is 12.4. The van der Waals surface area contributed by atoms with Crippen LogP contribution in [0, 0.1) is 6.92 Å². The van der Waals surface area contributed by atoms with Crippen LogP contribution in [-0.4, -0.2) is 31.4 Å². The molecule has 1 unspecified atom stereocenters. The van der Waals surface area contributed by atoms with E-state index in [2.05, 4.69) is 5.10 Å². The molecule has 0 saturated heterocycles. The van der Waals surface area contributed by atoms with Crippen molar-refractivity contribution in [1.82, 2.24) is 9.78 Å². The molecule has 0 aliphatic rings. The van der Waals surface area contributed by atoms with Gasteiger partial charge in [-0.15, -0.1) is 0 Å². The van der Waals surface area contributed by atoms with Gasteiger partial charge in [-0.25, -0.2) is 4.68 Å². The van der Waals surface area contributed by atoms with Crippen LogP contribution < -0.4 is 10.3 Å². The van der Waals surface area contributed by atoms with Crippen LogP contribution >= 0.6 is 11.6 Å². The Hall–Kier alpha value is -2.72. The van der Waals surface area contributed by atoms with Gasteiger partial charge in [0.15, 0.2) is 10.8 Å². The smallest absolute Gasteiger partial charge is 0.297 e. The minimum Gasteiger partial charge on any atom is -0.485 e. The molecule has 1 atom stereocenters. The zero-order valence-electron chi connectivity index (χ0n) is 21.0. The van der Waals surface area contributed by atoms with Gasteiger partial charge in [-0.1, -0.05) is 53.6 Å². The van der Waals surface area contributed by atoms with Crippen molar-refractivity contribution < 1.29 is 22.1 Å². The maximum absolute atomic E-state index is 12.4. The number of aromatic nitrogens is 2. The standard InChI is InChI=1S/C26H31ClN2O6S/c1-18-6-12-22(13-7-18)36(31,32)35-15-14-33-19(2)21-10-8-20(9-11-21)17-34-23-16-28-29(26(3,4)5)25(30)24(23)27/h6-13,16,19H,14-15,17H2,1-5H3. The lowest BCUT2D eigenvalue weighted by Crippen LogP contribution is -2.36. The molecule has 0 aliphatic carbocycles. The third kappa shape index (κ3) is 7.16. The van der Waals surface area contributed by atoms with Gasteiger partial charge in [0.1, 0.15) is 6.61 Å². The fraction of sp³-hybridized carbons (Fsp3) is 0.385. The van der Waals surface area contributed by atoms with Gasteiger partial charge in [0.2, 0.25) is 0 Å². The van der Waals surface area contributed by atoms with E-state index in [4.69, 9.17) is 25.3 Å². The lowest BCUT2D eigenvalue weighted by molar-refractivity contribution is 0.0452. The summed E-state index contributed by atoms with van der Waals surface area (Å²) in [5, 5.41) is 4.15. The molecule has 8 nitrogen and oxygen atoms in total. The van der Waals surface area contributed by atoms with E-state index in [-0.39, 0.29) is 41.6 Å². The Morgan fingerprint density at radius 1 is 1.03 bits per heavy atom. The molecule has 194 valence electrons. The van der Waals surface area contributed by atoms with Gasteiger partial charge < -0.3 is 9.47 Å². The Bertz CT molecular complexity index is 1330. The normalized spacial score (nSPS) is 12.9. The van der Waals surface area contributed by atoms with Crippen LogP contribution in [0.15, 0.2) is 64.4 Å². The molecule has 3 rings (SSSR count). The average molecular weight is 535 g/mol. The summed E-state index contributed by atoms with van der Waals surface area (Å²) in [5.41, 5.74) is 1.85. The minimum absolute atomic E-state index is 0.00909. The van der Waals surface area contributed by atoms with E-state index in [0.29, 0.717) is 0 Å². The maximum Gasteiger partial charge on any atom is 0.297 e. The van der Waals surface area contributed by atoms with Crippen molar-refractivity contribution >= 4 is 21.7 Å². The third-order valence-corrected chi connectivity index (χ3v) is 7.04. The van der Waals surface area contributed by atoms with Crippen LogP contribution in [0.1, 0.15) is 50.5 Å². The summed E-state index contributed by atoms with van der Waals surface area (Å²) < 4.78 is 42.3. The highest BCUT2D eigenvalue weighted by molar-refractivity contribution is 7.86. The van der Waals surface area contributed by atoms with Crippen LogP contribution in [0.4, 0.5) is 0 Å². The molecule has 3 aromatic rings. The first-order chi connectivity index (χ1) is 16.9. The van der Waals surface area contributed by atoms with Crippen molar-refractivity contribution in [3.63, 3.8) is 0 Å². The Balaban J connectivity index is 1.50. The van der Waals surface area contributed by atoms with E-state index in [1.54, 1.807) is 12.1 Å². The van der Waals surface area contributed by atoms with Gasteiger partial charge in [0, 0.05) is 0 Å². The van der Waals surface area contributed by atoms with Gasteiger partial charge in [-0.3, -0.25) is 8.98 Å². The number of rotatable bonds is 10. The van der Waals surface area contributed by atoms with Crippen molar-refractivity contribution in [3.8, 4) is 5.75 Å². The van der Waals surface area contributed by atoms with Crippen molar-refractivity contribution in [2.45, 2.75) is 57.8 Å². The molecular weight excluding hydrogens is 504 g/mol. The fourth-order valence-corrected chi connectivity index (χ4v) is 4.36. The zero-order valence-corrected chi connectivity index (χ0v) is 22.6. The molecule has 0 fully saturated rings. The largest absolute Gasteiger partial charge is 0.485 e.